The Kier molecular flexibility index (Phi) is 4.10. The van der Waals surface area contributed by atoms with Gasteiger partial charge in [-0.2, -0.15) is 0 Å². The average Bonchev–Trinajstić information content (AvgIpc) is 2.98. The molecule has 0 spiro atoms. The second-order valence-corrected chi connectivity index (χ2v) is 5.65. The largest absolute Gasteiger partial charge is 0.494 e. The van der Waals surface area contributed by atoms with Gasteiger partial charge >= 0.3 is 0 Å². The van der Waals surface area contributed by atoms with E-state index in [2.05, 4.69) is 22.4 Å². The lowest BCUT2D eigenvalue weighted by molar-refractivity contribution is 0.413. The second-order valence-electron chi connectivity index (χ2n) is 4.64. The van der Waals surface area contributed by atoms with Crippen molar-refractivity contribution in [3.63, 3.8) is 0 Å². The van der Waals surface area contributed by atoms with Gasteiger partial charge in [0, 0.05) is 11.8 Å². The molecule has 2 aromatic rings. The molecule has 0 fully saturated rings. The van der Waals surface area contributed by atoms with E-state index in [0.717, 1.165) is 16.6 Å². The third-order valence-electron chi connectivity index (χ3n) is 3.24. The van der Waals surface area contributed by atoms with Crippen molar-refractivity contribution in [3.05, 3.63) is 59.9 Å². The summed E-state index contributed by atoms with van der Waals surface area (Å²) in [5.74, 6) is 1.05. The summed E-state index contributed by atoms with van der Waals surface area (Å²) in [6, 6.07) is 14.8. The molecule has 1 aliphatic heterocycles. The van der Waals surface area contributed by atoms with Crippen LogP contribution in [0.4, 0.5) is 10.1 Å². The van der Waals surface area contributed by atoms with Crippen molar-refractivity contribution in [1.82, 2.24) is 0 Å². The van der Waals surface area contributed by atoms with E-state index < -0.39 is 0 Å². The first-order valence-corrected chi connectivity index (χ1v) is 7.61. The standard InChI is InChI=1S/C16H15FN2OS/c1-20-15-9-12(17)7-8-13(15)18-16-19-14(10-21-16)11-5-3-2-4-6-11/h2-9,14H,10H2,1H3,(H,18,19). The Labute approximate surface area is 127 Å². The molecule has 2 aromatic carbocycles. The molecule has 108 valence electrons. The molecule has 0 radical (unpaired) electrons. The number of hydrogen-bond acceptors (Lipinski definition) is 4. The zero-order chi connectivity index (χ0) is 14.7. The van der Waals surface area contributed by atoms with E-state index in [1.165, 1.54) is 24.8 Å². The summed E-state index contributed by atoms with van der Waals surface area (Å²) in [6.45, 7) is 0. The molecule has 0 saturated carbocycles. The van der Waals surface area contributed by atoms with Crippen molar-refractivity contribution in [2.45, 2.75) is 6.04 Å². The second kappa shape index (κ2) is 6.18. The summed E-state index contributed by atoms with van der Waals surface area (Å²) in [6.07, 6.45) is 0. The van der Waals surface area contributed by atoms with Crippen molar-refractivity contribution in [3.8, 4) is 5.75 Å². The van der Waals surface area contributed by atoms with Gasteiger partial charge in [0.1, 0.15) is 11.6 Å². The predicted molar refractivity (Wildman–Crippen MR) is 85.7 cm³/mol. The number of thioether (sulfide) groups is 1. The van der Waals surface area contributed by atoms with Crippen LogP contribution in [0.2, 0.25) is 0 Å². The lowest BCUT2D eigenvalue weighted by atomic mass is 10.1. The number of ether oxygens (including phenoxy) is 1. The highest BCUT2D eigenvalue weighted by Gasteiger charge is 2.20. The van der Waals surface area contributed by atoms with Gasteiger partial charge in [-0.25, -0.2) is 4.39 Å². The van der Waals surface area contributed by atoms with Crippen molar-refractivity contribution in [1.29, 1.82) is 0 Å². The highest BCUT2D eigenvalue weighted by molar-refractivity contribution is 8.14. The number of hydrogen-bond donors (Lipinski definition) is 1. The Bertz CT molecular complexity index is 661. The van der Waals surface area contributed by atoms with Gasteiger partial charge < -0.3 is 10.1 Å². The van der Waals surface area contributed by atoms with Crippen molar-refractivity contribution in [2.75, 3.05) is 18.2 Å². The maximum absolute atomic E-state index is 13.2. The quantitative estimate of drug-likeness (QED) is 0.927. The summed E-state index contributed by atoms with van der Waals surface area (Å²) in [5, 5.41) is 4.04. The molecule has 3 nitrogen and oxygen atoms in total. The molecule has 21 heavy (non-hydrogen) atoms. The van der Waals surface area contributed by atoms with E-state index in [0.29, 0.717) is 5.75 Å². The summed E-state index contributed by atoms with van der Waals surface area (Å²) >= 11 is 1.65. The van der Waals surface area contributed by atoms with E-state index in [4.69, 9.17) is 4.74 Å². The molecule has 1 heterocycles. The molecule has 0 bridgehead atoms. The maximum atomic E-state index is 13.2. The van der Waals surface area contributed by atoms with Crippen LogP contribution in [0, 0.1) is 5.82 Å². The van der Waals surface area contributed by atoms with Gasteiger partial charge in [-0.15, -0.1) is 0 Å². The Morgan fingerprint density at radius 2 is 2.05 bits per heavy atom. The molecule has 5 heteroatoms. The minimum absolute atomic E-state index is 0.158. The molecular formula is C16H15FN2OS. The highest BCUT2D eigenvalue weighted by atomic mass is 32.2. The van der Waals surface area contributed by atoms with Crippen LogP contribution in [-0.4, -0.2) is 18.0 Å². The molecule has 0 aromatic heterocycles. The molecule has 0 aliphatic carbocycles. The van der Waals surface area contributed by atoms with Gasteiger partial charge in [-0.3, -0.25) is 4.99 Å². The highest BCUT2D eigenvalue weighted by Crippen LogP contribution is 2.33. The number of rotatable bonds is 3. The van der Waals surface area contributed by atoms with Crippen LogP contribution in [0.25, 0.3) is 0 Å². The average molecular weight is 302 g/mol. The fourth-order valence-corrected chi connectivity index (χ4v) is 3.14. The number of anilines is 1. The lowest BCUT2D eigenvalue weighted by Crippen LogP contribution is -2.06. The van der Waals surface area contributed by atoms with Crippen LogP contribution in [0.1, 0.15) is 11.6 Å². The van der Waals surface area contributed by atoms with Crippen LogP contribution in [0.5, 0.6) is 5.75 Å². The third kappa shape index (κ3) is 3.19. The topological polar surface area (TPSA) is 33.6 Å². The zero-order valence-electron chi connectivity index (χ0n) is 11.5. The van der Waals surface area contributed by atoms with E-state index in [1.807, 2.05) is 18.2 Å². The fraction of sp³-hybridized carbons (Fsp3) is 0.188. The number of benzene rings is 2. The first-order chi connectivity index (χ1) is 10.3. The van der Waals surface area contributed by atoms with Gasteiger partial charge in [0.2, 0.25) is 0 Å². The van der Waals surface area contributed by atoms with Crippen LogP contribution < -0.4 is 10.1 Å². The predicted octanol–water partition coefficient (Wildman–Crippen LogP) is 4.09. The van der Waals surface area contributed by atoms with Gasteiger partial charge in [0.05, 0.1) is 18.8 Å². The fourth-order valence-electron chi connectivity index (χ4n) is 2.17. The molecule has 1 atom stereocenters. The summed E-state index contributed by atoms with van der Waals surface area (Å²) in [4.78, 5) is 4.67. The van der Waals surface area contributed by atoms with Gasteiger partial charge in [-0.1, -0.05) is 42.1 Å². The molecule has 0 saturated heterocycles. The molecule has 1 N–H and O–H groups in total. The Balaban J connectivity index is 1.77. The summed E-state index contributed by atoms with van der Waals surface area (Å²) in [5.41, 5.74) is 1.92. The third-order valence-corrected chi connectivity index (χ3v) is 4.20. The number of nitrogens with zero attached hydrogens (tertiary/aromatic N) is 1. The van der Waals surface area contributed by atoms with Gasteiger partial charge in [0.15, 0.2) is 5.17 Å². The number of halogens is 1. The minimum atomic E-state index is -0.319. The Hall–Kier alpha value is -2.01. The first-order valence-electron chi connectivity index (χ1n) is 6.62. The maximum Gasteiger partial charge on any atom is 0.161 e. The number of methoxy groups -OCH3 is 1. The molecular weight excluding hydrogens is 287 g/mol. The molecule has 1 unspecified atom stereocenters. The van der Waals surface area contributed by atoms with Crippen LogP contribution in [-0.2, 0) is 0 Å². The smallest absolute Gasteiger partial charge is 0.161 e. The molecule has 0 amide bonds. The zero-order valence-corrected chi connectivity index (χ0v) is 12.4. The lowest BCUT2D eigenvalue weighted by Gasteiger charge is -2.10. The van der Waals surface area contributed by atoms with Gasteiger partial charge in [0.25, 0.3) is 0 Å². The van der Waals surface area contributed by atoms with E-state index in [9.17, 15) is 4.39 Å². The van der Waals surface area contributed by atoms with E-state index in [1.54, 1.807) is 17.8 Å². The minimum Gasteiger partial charge on any atom is -0.494 e. The van der Waals surface area contributed by atoms with Crippen molar-refractivity contribution in [2.24, 2.45) is 4.99 Å². The van der Waals surface area contributed by atoms with Gasteiger partial charge in [-0.05, 0) is 17.7 Å². The monoisotopic (exact) mass is 302 g/mol. The van der Waals surface area contributed by atoms with E-state index in [-0.39, 0.29) is 11.9 Å². The Morgan fingerprint density at radius 1 is 1.24 bits per heavy atom. The van der Waals surface area contributed by atoms with Crippen LogP contribution in [0.3, 0.4) is 0 Å². The molecule has 3 rings (SSSR count). The number of amidine groups is 1. The summed E-state index contributed by atoms with van der Waals surface area (Å²) < 4.78 is 18.4. The van der Waals surface area contributed by atoms with E-state index >= 15 is 0 Å². The normalized spacial score (nSPS) is 17.4. The Morgan fingerprint density at radius 3 is 2.81 bits per heavy atom. The summed E-state index contributed by atoms with van der Waals surface area (Å²) in [7, 11) is 1.52. The number of nitrogens with one attached hydrogen (secondary N) is 1. The first kappa shape index (κ1) is 13.9. The van der Waals surface area contributed by atoms with Crippen molar-refractivity contribution >= 4 is 22.6 Å². The molecule has 1 aliphatic rings. The van der Waals surface area contributed by atoms with Crippen LogP contribution >= 0.6 is 11.8 Å². The van der Waals surface area contributed by atoms with Crippen LogP contribution in [0.15, 0.2) is 53.5 Å². The SMILES string of the molecule is COc1cc(F)ccc1NC1=NC(c2ccccc2)CS1. The van der Waals surface area contributed by atoms with Crippen molar-refractivity contribution < 1.29 is 9.13 Å². The number of aliphatic imine (C=N–C) groups is 1.